The van der Waals surface area contributed by atoms with Crippen LogP contribution < -0.4 is 5.32 Å². The molecule has 1 N–H and O–H groups in total. The highest BCUT2D eigenvalue weighted by molar-refractivity contribution is 7.13. The number of nitrogens with zero attached hydrogens (tertiary/aromatic N) is 1. The topological polar surface area (TPSA) is 24.9 Å². The van der Waals surface area contributed by atoms with Crippen molar-refractivity contribution in [2.24, 2.45) is 0 Å². The highest BCUT2D eigenvalue weighted by atomic mass is 35.5. The van der Waals surface area contributed by atoms with E-state index in [1.807, 2.05) is 0 Å². The summed E-state index contributed by atoms with van der Waals surface area (Å²) in [6.45, 7) is 0. The second-order valence-corrected chi connectivity index (χ2v) is 6.06. The normalized spacial score (nSPS) is 11.5. The average molecular weight is 355 g/mol. The SMILES string of the molecule is FC(F)(F)c1ccc(Nc2nccs2)c(-c2ccc(Cl)cc2)c1. The van der Waals surface area contributed by atoms with E-state index in [0.717, 1.165) is 12.1 Å². The summed E-state index contributed by atoms with van der Waals surface area (Å²) in [7, 11) is 0. The maximum Gasteiger partial charge on any atom is 0.416 e. The minimum atomic E-state index is -4.40. The van der Waals surface area contributed by atoms with Gasteiger partial charge in [0.1, 0.15) is 0 Å². The van der Waals surface area contributed by atoms with Crippen LogP contribution in [-0.2, 0) is 6.18 Å². The first-order valence-corrected chi connectivity index (χ1v) is 7.83. The Kier molecular flexibility index (Phi) is 4.28. The van der Waals surface area contributed by atoms with Gasteiger partial charge in [0, 0.05) is 27.9 Å². The Morgan fingerprint density at radius 2 is 1.78 bits per heavy atom. The van der Waals surface area contributed by atoms with E-state index in [2.05, 4.69) is 10.3 Å². The smallest absolute Gasteiger partial charge is 0.331 e. The predicted molar refractivity (Wildman–Crippen MR) is 87.3 cm³/mol. The van der Waals surface area contributed by atoms with Crippen molar-refractivity contribution >= 4 is 33.8 Å². The van der Waals surface area contributed by atoms with Crippen LogP contribution in [0.5, 0.6) is 0 Å². The Morgan fingerprint density at radius 1 is 1.04 bits per heavy atom. The van der Waals surface area contributed by atoms with Gasteiger partial charge in [0.2, 0.25) is 0 Å². The summed E-state index contributed by atoms with van der Waals surface area (Å²) < 4.78 is 39.0. The Balaban J connectivity index is 2.09. The van der Waals surface area contributed by atoms with Crippen molar-refractivity contribution in [2.45, 2.75) is 6.18 Å². The zero-order valence-electron chi connectivity index (χ0n) is 11.6. The van der Waals surface area contributed by atoms with E-state index in [9.17, 15) is 13.2 Å². The molecule has 3 rings (SSSR count). The number of rotatable bonds is 3. The maximum atomic E-state index is 13.0. The standard InChI is InChI=1S/C16H10ClF3N2S/c17-12-4-1-10(2-5-12)13-9-11(16(18,19)20)3-6-14(13)22-15-21-7-8-23-15/h1-9H,(H,21,22). The molecule has 0 atom stereocenters. The van der Waals surface area contributed by atoms with Crippen molar-refractivity contribution < 1.29 is 13.2 Å². The molecule has 0 aliphatic rings. The number of benzene rings is 2. The lowest BCUT2D eigenvalue weighted by molar-refractivity contribution is -0.137. The van der Waals surface area contributed by atoms with Crippen LogP contribution in [0.3, 0.4) is 0 Å². The molecule has 0 spiro atoms. The first-order valence-electron chi connectivity index (χ1n) is 6.57. The summed E-state index contributed by atoms with van der Waals surface area (Å²) in [5.41, 5.74) is 0.925. The third-order valence-electron chi connectivity index (χ3n) is 3.18. The number of halogens is 4. The molecule has 0 radical (unpaired) electrons. The maximum absolute atomic E-state index is 13.0. The molecule has 0 unspecified atom stereocenters. The van der Waals surface area contributed by atoms with Gasteiger partial charge < -0.3 is 5.32 Å². The van der Waals surface area contributed by atoms with E-state index < -0.39 is 11.7 Å². The van der Waals surface area contributed by atoms with Crippen LogP contribution in [0.2, 0.25) is 5.02 Å². The van der Waals surface area contributed by atoms with E-state index in [-0.39, 0.29) is 0 Å². The largest absolute Gasteiger partial charge is 0.416 e. The highest BCUT2D eigenvalue weighted by Crippen LogP contribution is 2.37. The Morgan fingerprint density at radius 3 is 2.39 bits per heavy atom. The van der Waals surface area contributed by atoms with Gasteiger partial charge in [-0.05, 0) is 35.9 Å². The Hall–Kier alpha value is -2.05. The van der Waals surface area contributed by atoms with Crippen LogP contribution in [0, 0.1) is 0 Å². The van der Waals surface area contributed by atoms with E-state index in [1.165, 1.54) is 17.4 Å². The van der Waals surface area contributed by atoms with Crippen LogP contribution in [0.4, 0.5) is 24.0 Å². The molecule has 1 heterocycles. The van der Waals surface area contributed by atoms with Crippen molar-refractivity contribution in [3.8, 4) is 11.1 Å². The Bertz CT molecular complexity index is 799. The number of nitrogens with one attached hydrogen (secondary N) is 1. The molecule has 1 aromatic heterocycles. The molecule has 2 aromatic carbocycles. The predicted octanol–water partition coefficient (Wildman–Crippen LogP) is 6.23. The molecule has 7 heteroatoms. The fourth-order valence-corrected chi connectivity index (χ4v) is 2.77. The molecule has 0 saturated heterocycles. The van der Waals surface area contributed by atoms with Crippen molar-refractivity contribution in [3.05, 3.63) is 64.6 Å². The summed E-state index contributed by atoms with van der Waals surface area (Å²) in [6.07, 6.45) is -2.78. The van der Waals surface area contributed by atoms with Crippen LogP contribution in [0.15, 0.2) is 54.0 Å². The van der Waals surface area contributed by atoms with Gasteiger partial charge in [-0.2, -0.15) is 13.2 Å². The number of alkyl halides is 3. The fraction of sp³-hybridized carbons (Fsp3) is 0.0625. The minimum Gasteiger partial charge on any atom is -0.331 e. The summed E-state index contributed by atoms with van der Waals surface area (Å²) in [4.78, 5) is 4.10. The van der Waals surface area contributed by atoms with Crippen molar-refractivity contribution in [2.75, 3.05) is 5.32 Å². The summed E-state index contributed by atoms with van der Waals surface area (Å²) in [5.74, 6) is 0. The molecule has 0 aliphatic carbocycles. The van der Waals surface area contributed by atoms with E-state index in [1.54, 1.807) is 35.8 Å². The lowest BCUT2D eigenvalue weighted by Crippen LogP contribution is -2.05. The number of thiazole rings is 1. The number of hydrogen-bond donors (Lipinski definition) is 1. The molecule has 3 aromatic rings. The first kappa shape index (κ1) is 15.8. The molecule has 0 fully saturated rings. The zero-order chi connectivity index (χ0) is 16.4. The van der Waals surface area contributed by atoms with Crippen molar-refractivity contribution in [1.82, 2.24) is 4.98 Å². The fourth-order valence-electron chi connectivity index (χ4n) is 2.10. The molecular weight excluding hydrogens is 345 g/mol. The third-order valence-corrected chi connectivity index (χ3v) is 4.12. The van der Waals surface area contributed by atoms with Gasteiger partial charge in [-0.25, -0.2) is 4.98 Å². The highest BCUT2D eigenvalue weighted by Gasteiger charge is 2.31. The van der Waals surface area contributed by atoms with E-state index >= 15 is 0 Å². The summed E-state index contributed by atoms with van der Waals surface area (Å²) >= 11 is 7.22. The Labute approximate surface area is 139 Å². The van der Waals surface area contributed by atoms with Crippen LogP contribution in [-0.4, -0.2) is 4.98 Å². The van der Waals surface area contributed by atoms with Crippen LogP contribution >= 0.6 is 22.9 Å². The number of aromatic nitrogens is 1. The third kappa shape index (κ3) is 3.65. The van der Waals surface area contributed by atoms with Gasteiger partial charge in [-0.15, -0.1) is 11.3 Å². The van der Waals surface area contributed by atoms with Crippen molar-refractivity contribution in [3.63, 3.8) is 0 Å². The zero-order valence-corrected chi connectivity index (χ0v) is 13.1. The van der Waals surface area contributed by atoms with Crippen LogP contribution in [0.25, 0.3) is 11.1 Å². The molecule has 0 aliphatic heterocycles. The number of anilines is 2. The summed E-state index contributed by atoms with van der Waals surface area (Å²) in [6, 6.07) is 10.2. The van der Waals surface area contributed by atoms with Crippen molar-refractivity contribution in [1.29, 1.82) is 0 Å². The van der Waals surface area contributed by atoms with E-state index in [4.69, 9.17) is 11.6 Å². The van der Waals surface area contributed by atoms with Gasteiger partial charge in [0.05, 0.1) is 5.56 Å². The van der Waals surface area contributed by atoms with Gasteiger partial charge in [0.25, 0.3) is 0 Å². The lowest BCUT2D eigenvalue weighted by atomic mass is 10.0. The number of hydrogen-bond acceptors (Lipinski definition) is 3. The van der Waals surface area contributed by atoms with E-state index in [0.29, 0.717) is 27.0 Å². The summed E-state index contributed by atoms with van der Waals surface area (Å²) in [5, 5.41) is 5.97. The second kappa shape index (κ2) is 6.22. The molecule has 0 saturated carbocycles. The molecular formula is C16H10ClF3N2S. The van der Waals surface area contributed by atoms with Gasteiger partial charge in [0.15, 0.2) is 5.13 Å². The molecule has 23 heavy (non-hydrogen) atoms. The first-order chi connectivity index (χ1) is 10.9. The average Bonchev–Trinajstić information content (AvgIpc) is 3.00. The van der Waals surface area contributed by atoms with Gasteiger partial charge in [-0.1, -0.05) is 23.7 Å². The van der Waals surface area contributed by atoms with Crippen LogP contribution in [0.1, 0.15) is 5.56 Å². The minimum absolute atomic E-state index is 0.437. The molecule has 0 bridgehead atoms. The van der Waals surface area contributed by atoms with Gasteiger partial charge in [-0.3, -0.25) is 0 Å². The van der Waals surface area contributed by atoms with Gasteiger partial charge >= 0.3 is 6.18 Å². The molecule has 118 valence electrons. The second-order valence-electron chi connectivity index (χ2n) is 4.73. The lowest BCUT2D eigenvalue weighted by Gasteiger charge is -2.14. The molecule has 0 amide bonds. The quantitative estimate of drug-likeness (QED) is 0.603. The monoisotopic (exact) mass is 354 g/mol. The molecule has 2 nitrogen and oxygen atoms in total.